The summed E-state index contributed by atoms with van der Waals surface area (Å²) < 4.78 is 0. The molecule has 12 aromatic carbocycles. The molecule has 0 saturated heterocycles. The summed E-state index contributed by atoms with van der Waals surface area (Å²) in [4.78, 5) is 5.59. The van der Waals surface area contributed by atoms with Crippen molar-refractivity contribution in [1.29, 1.82) is 0 Å². The summed E-state index contributed by atoms with van der Waals surface area (Å²) in [6.45, 7) is 0. The van der Waals surface area contributed by atoms with Crippen molar-refractivity contribution in [1.82, 2.24) is 10.6 Å². The molecule has 0 bridgehead atoms. The third kappa shape index (κ3) is 10.7. The summed E-state index contributed by atoms with van der Waals surface area (Å²) in [5, 5.41) is 8.11. The van der Waals surface area contributed by atoms with E-state index in [2.05, 4.69) is 344 Å². The maximum absolute atomic E-state index is 5.59. The molecule has 0 radical (unpaired) electrons. The van der Waals surface area contributed by atoms with Crippen LogP contribution in [0.1, 0.15) is 56.6 Å². The van der Waals surface area contributed by atoms with E-state index in [1.807, 2.05) is 0 Å². The van der Waals surface area contributed by atoms with Gasteiger partial charge in [0, 0.05) is 16.7 Å². The highest BCUT2D eigenvalue weighted by Gasteiger charge is 2.33. The minimum atomic E-state index is -0.222. The first-order valence-corrected chi connectivity index (χ1v) is 28.9. The molecule has 0 fully saturated rings. The topological polar surface area (TPSA) is 36.4 Å². The van der Waals surface area contributed by atoms with Crippen LogP contribution >= 0.6 is 0 Å². The van der Waals surface area contributed by atoms with Crippen molar-refractivity contribution in [3.05, 3.63) is 378 Å². The minimum absolute atomic E-state index is 0.141. The second-order valence-electron chi connectivity index (χ2n) is 21.5. The molecule has 0 spiro atoms. The molecule has 0 aliphatic carbocycles. The molecule has 0 saturated carbocycles. The number of benzene rings is 12. The van der Waals surface area contributed by atoms with Crippen molar-refractivity contribution in [3.63, 3.8) is 0 Å². The minimum Gasteiger partial charge on any atom is -0.373 e. The van der Waals surface area contributed by atoms with Gasteiger partial charge in [-0.2, -0.15) is 0 Å². The number of hydrogen-bond acceptors (Lipinski definition) is 3. The van der Waals surface area contributed by atoms with Gasteiger partial charge in [0.15, 0.2) is 0 Å². The quantitative estimate of drug-likeness (QED) is 0.121. The summed E-state index contributed by atoms with van der Waals surface area (Å²) >= 11 is 0. The van der Waals surface area contributed by atoms with Gasteiger partial charge in [0.25, 0.3) is 0 Å². The molecule has 2 N–H and O–H groups in total. The molecule has 14 rings (SSSR count). The van der Waals surface area contributed by atoms with E-state index in [9.17, 15) is 0 Å². The number of dihydropyridines is 1. The Balaban J connectivity index is 0.909. The van der Waals surface area contributed by atoms with Gasteiger partial charge in [0.1, 0.15) is 5.84 Å². The predicted molar refractivity (Wildman–Crippen MR) is 352 cm³/mol. The van der Waals surface area contributed by atoms with E-state index in [0.717, 1.165) is 101 Å². The van der Waals surface area contributed by atoms with Gasteiger partial charge in [0.2, 0.25) is 0 Å². The van der Waals surface area contributed by atoms with E-state index in [4.69, 9.17) is 4.99 Å². The Morgan fingerprint density at radius 2 is 0.607 bits per heavy atom. The van der Waals surface area contributed by atoms with Gasteiger partial charge in [-0.3, -0.25) is 0 Å². The van der Waals surface area contributed by atoms with E-state index in [1.54, 1.807) is 0 Å². The second-order valence-corrected chi connectivity index (χ2v) is 21.5. The Hall–Kier alpha value is -10.9. The van der Waals surface area contributed by atoms with Crippen LogP contribution in [0.3, 0.4) is 0 Å². The Labute approximate surface area is 492 Å². The fourth-order valence-electron chi connectivity index (χ4n) is 12.0. The van der Waals surface area contributed by atoms with Crippen LogP contribution in [0.4, 0.5) is 0 Å². The summed E-state index contributed by atoms with van der Waals surface area (Å²) in [5.74, 6) is 0.806. The van der Waals surface area contributed by atoms with Gasteiger partial charge in [0.05, 0.1) is 23.5 Å². The van der Waals surface area contributed by atoms with E-state index in [0.29, 0.717) is 0 Å². The molecular weight excluding hydrogens is 1010 g/mol. The van der Waals surface area contributed by atoms with Crippen molar-refractivity contribution in [3.8, 4) is 55.6 Å². The van der Waals surface area contributed by atoms with Gasteiger partial charge in [-0.15, -0.1) is 0 Å². The summed E-state index contributed by atoms with van der Waals surface area (Å²) in [6, 6.07) is 118. The summed E-state index contributed by atoms with van der Waals surface area (Å²) in [5.41, 5.74) is 26.0. The first-order chi connectivity index (χ1) is 41.6. The fraction of sp³-hybridized carbons (Fsp3) is 0.0247. The molecule has 2 heterocycles. The van der Waals surface area contributed by atoms with Crippen molar-refractivity contribution >= 4 is 33.9 Å². The second kappa shape index (κ2) is 23.3. The van der Waals surface area contributed by atoms with Crippen molar-refractivity contribution in [2.75, 3.05) is 0 Å². The number of aliphatic imine (C=N–C) groups is 1. The smallest absolute Gasteiger partial charge is 0.134 e. The number of hydrogen-bond donors (Lipinski definition) is 2. The van der Waals surface area contributed by atoms with Crippen LogP contribution in [-0.2, 0) is 0 Å². The van der Waals surface area contributed by atoms with Gasteiger partial charge in [-0.1, -0.05) is 285 Å². The highest BCUT2D eigenvalue weighted by atomic mass is 15.0. The molecule has 84 heavy (non-hydrogen) atoms. The average Bonchev–Trinajstić information content (AvgIpc) is 3.77. The lowest BCUT2D eigenvalue weighted by molar-refractivity contribution is 0.781. The zero-order chi connectivity index (χ0) is 56.0. The lowest BCUT2D eigenvalue weighted by Gasteiger charge is -2.36. The Morgan fingerprint density at radius 1 is 0.238 bits per heavy atom. The van der Waals surface area contributed by atoms with Crippen LogP contribution in [0, 0.1) is 0 Å². The predicted octanol–water partition coefficient (Wildman–Crippen LogP) is 20.0. The maximum Gasteiger partial charge on any atom is 0.134 e. The molecule has 3 nitrogen and oxygen atoms in total. The maximum atomic E-state index is 5.59. The van der Waals surface area contributed by atoms with Crippen molar-refractivity contribution in [2.24, 2.45) is 4.99 Å². The lowest BCUT2D eigenvalue weighted by Crippen LogP contribution is -2.31. The van der Waals surface area contributed by atoms with Gasteiger partial charge >= 0.3 is 0 Å². The number of nitrogens with zero attached hydrogens (tertiary/aromatic N) is 1. The molecule has 0 amide bonds. The van der Waals surface area contributed by atoms with Crippen LogP contribution < -0.4 is 10.6 Å². The third-order valence-corrected chi connectivity index (χ3v) is 16.2. The number of nitrogens with one attached hydrogen (secondary N) is 2. The first kappa shape index (κ1) is 51.3. The van der Waals surface area contributed by atoms with E-state index >= 15 is 0 Å². The Bertz CT molecular complexity index is 4290. The third-order valence-electron chi connectivity index (χ3n) is 16.2. The molecule has 2 aliphatic rings. The molecule has 3 heteroatoms. The molecular formula is C81H59N3. The first-order valence-electron chi connectivity index (χ1n) is 28.9. The van der Waals surface area contributed by atoms with Crippen LogP contribution in [0.15, 0.2) is 339 Å². The normalized spacial score (nSPS) is 14.9. The van der Waals surface area contributed by atoms with Crippen LogP contribution in [0.25, 0.3) is 83.7 Å². The highest BCUT2D eigenvalue weighted by molar-refractivity contribution is 6.24. The molecule has 12 aromatic rings. The number of allylic oxidation sites excluding steroid dienone is 2. The van der Waals surface area contributed by atoms with Gasteiger partial charge < -0.3 is 10.6 Å². The Kier molecular flexibility index (Phi) is 14.2. The fourth-order valence-corrected chi connectivity index (χ4v) is 12.0. The van der Waals surface area contributed by atoms with Crippen LogP contribution in [0.2, 0.25) is 0 Å². The summed E-state index contributed by atoms with van der Waals surface area (Å²) in [6.07, 6.45) is 2.31. The van der Waals surface area contributed by atoms with Crippen molar-refractivity contribution in [2.45, 2.75) is 12.1 Å². The molecule has 2 aliphatic heterocycles. The lowest BCUT2D eigenvalue weighted by atomic mass is 9.76. The highest BCUT2D eigenvalue weighted by Crippen LogP contribution is 2.50. The average molecular weight is 1070 g/mol. The van der Waals surface area contributed by atoms with Crippen LogP contribution in [-0.4, -0.2) is 5.84 Å². The standard InChI is InChI=1S/C81H59N3/c1-9-26-56(27-10-1)68-49-69(57-28-11-2-12-29-57)52-72(51-68)74-55-75(73-53-70(58-30-13-3-14-31-58)50-71(54-73)59-32-15-4-16-33-59)83-81(82-74)65-46-44-60(45-47-65)66-42-25-43-67(48-66)76-77(61-34-17-5-18-35-61)79(63-38-21-7-22-39-63)84-80(64-40-23-8-24-41-64)78(76)62-36-19-6-20-37-62/h1-55,74,79,84H,(H,82,83). The van der Waals surface area contributed by atoms with E-state index in [1.165, 1.54) is 33.4 Å². The number of rotatable bonds is 13. The number of amidine groups is 1. The molecule has 398 valence electrons. The zero-order valence-electron chi connectivity index (χ0n) is 46.4. The van der Waals surface area contributed by atoms with E-state index in [-0.39, 0.29) is 12.1 Å². The summed E-state index contributed by atoms with van der Waals surface area (Å²) in [7, 11) is 0. The van der Waals surface area contributed by atoms with E-state index < -0.39 is 0 Å². The van der Waals surface area contributed by atoms with Gasteiger partial charge in [-0.25, -0.2) is 4.99 Å². The van der Waals surface area contributed by atoms with Crippen molar-refractivity contribution < 1.29 is 0 Å². The SMILES string of the molecule is C1=C(c2cc(-c3ccccc3)cc(-c3ccccc3)c2)N=C(c2ccc(-c3cccc(C4=C(c5ccccc5)C(c5ccccc5)NC(c5ccccc5)=C4c4ccccc4)c3)cc2)NC1c1cc(-c2ccccc2)cc(-c2ccccc2)c1. The molecule has 2 atom stereocenters. The zero-order valence-corrected chi connectivity index (χ0v) is 46.4. The Morgan fingerprint density at radius 3 is 1.11 bits per heavy atom. The molecule has 2 unspecified atom stereocenters. The van der Waals surface area contributed by atoms with Gasteiger partial charge in [-0.05, 0) is 149 Å². The van der Waals surface area contributed by atoms with Crippen LogP contribution in [0.5, 0.6) is 0 Å². The largest absolute Gasteiger partial charge is 0.373 e. The monoisotopic (exact) mass is 1070 g/mol. The molecule has 0 aromatic heterocycles.